The van der Waals surface area contributed by atoms with Gasteiger partial charge in [0.2, 0.25) is 0 Å². The molecule has 104 valence electrons. The van der Waals surface area contributed by atoms with Crippen LogP contribution in [0, 0.1) is 0 Å². The molecule has 0 rings (SSSR count). The standard InChI is InChI=1S/C11H28N2O3Si/c1-5-14-17(15-6-2,16-7-3)10-8-9-11(4,12)13/h5-10,12-13H2,1-4H3. The van der Waals surface area contributed by atoms with Gasteiger partial charge in [0.05, 0.1) is 5.66 Å². The molecule has 0 amide bonds. The maximum atomic E-state index is 5.76. The number of hydrogen-bond donors (Lipinski definition) is 2. The maximum Gasteiger partial charge on any atom is 0.500 e. The second kappa shape index (κ2) is 8.18. The molecule has 0 unspecified atom stereocenters. The lowest BCUT2D eigenvalue weighted by atomic mass is 10.1. The Balaban J connectivity index is 4.33. The van der Waals surface area contributed by atoms with Crippen molar-refractivity contribution in [3.63, 3.8) is 0 Å². The summed E-state index contributed by atoms with van der Waals surface area (Å²) in [6.07, 6.45) is 1.59. The fourth-order valence-electron chi connectivity index (χ4n) is 1.69. The van der Waals surface area contributed by atoms with Crippen molar-refractivity contribution in [1.29, 1.82) is 0 Å². The molecule has 4 N–H and O–H groups in total. The highest BCUT2D eigenvalue weighted by Gasteiger charge is 2.39. The van der Waals surface area contributed by atoms with Crippen molar-refractivity contribution in [2.24, 2.45) is 11.5 Å². The summed E-state index contributed by atoms with van der Waals surface area (Å²) in [5, 5.41) is 0. The van der Waals surface area contributed by atoms with E-state index >= 15 is 0 Å². The minimum atomic E-state index is -2.51. The quantitative estimate of drug-likeness (QED) is 0.461. The van der Waals surface area contributed by atoms with E-state index in [1.165, 1.54) is 0 Å². The Labute approximate surface area is 106 Å². The highest BCUT2D eigenvalue weighted by atomic mass is 28.4. The Morgan fingerprint density at radius 3 is 1.65 bits per heavy atom. The van der Waals surface area contributed by atoms with Gasteiger partial charge in [0.25, 0.3) is 0 Å². The fraction of sp³-hybridized carbons (Fsp3) is 1.00. The topological polar surface area (TPSA) is 79.7 Å². The summed E-state index contributed by atoms with van der Waals surface area (Å²) in [6.45, 7) is 9.50. The molecule has 0 bridgehead atoms. The molecule has 0 aliphatic carbocycles. The normalized spacial score (nSPS) is 13.1. The minimum Gasteiger partial charge on any atom is -0.374 e. The first kappa shape index (κ1) is 17.0. The van der Waals surface area contributed by atoms with Crippen molar-refractivity contribution in [3.05, 3.63) is 0 Å². The average molecular weight is 264 g/mol. The summed E-state index contributed by atoms with van der Waals surface area (Å²) in [5.74, 6) is 0. The monoisotopic (exact) mass is 264 g/mol. The highest BCUT2D eigenvalue weighted by molar-refractivity contribution is 6.60. The van der Waals surface area contributed by atoms with Gasteiger partial charge in [-0.3, -0.25) is 0 Å². The zero-order valence-electron chi connectivity index (χ0n) is 11.6. The zero-order chi connectivity index (χ0) is 13.4. The highest BCUT2D eigenvalue weighted by Crippen LogP contribution is 2.20. The SMILES string of the molecule is CCO[Si](CCCC(C)(N)N)(OCC)OCC. The van der Waals surface area contributed by atoms with Gasteiger partial charge >= 0.3 is 8.80 Å². The van der Waals surface area contributed by atoms with Crippen LogP contribution in [0.25, 0.3) is 0 Å². The Kier molecular flexibility index (Phi) is 8.19. The van der Waals surface area contributed by atoms with E-state index < -0.39 is 14.5 Å². The van der Waals surface area contributed by atoms with Gasteiger partial charge in [-0.25, -0.2) is 0 Å². The summed E-state index contributed by atoms with van der Waals surface area (Å²) in [6, 6.07) is 0.770. The molecule has 0 radical (unpaired) electrons. The second-order valence-corrected chi connectivity index (χ2v) is 7.07. The molecule has 0 saturated heterocycles. The third kappa shape index (κ3) is 7.85. The summed E-state index contributed by atoms with van der Waals surface area (Å²) in [4.78, 5) is 0. The van der Waals surface area contributed by atoms with Crippen LogP contribution in [0.4, 0.5) is 0 Å². The van der Waals surface area contributed by atoms with Crippen LogP contribution < -0.4 is 11.5 Å². The summed E-state index contributed by atoms with van der Waals surface area (Å²) in [7, 11) is -2.51. The van der Waals surface area contributed by atoms with Crippen LogP contribution in [0.2, 0.25) is 6.04 Å². The Bertz CT molecular complexity index is 181. The van der Waals surface area contributed by atoms with Gasteiger partial charge in [-0.05, 0) is 40.5 Å². The Hall–Kier alpha value is 0.0169. The third-order valence-corrected chi connectivity index (χ3v) is 5.44. The van der Waals surface area contributed by atoms with E-state index in [1.807, 2.05) is 27.7 Å². The smallest absolute Gasteiger partial charge is 0.374 e. The molecule has 0 aromatic heterocycles. The lowest BCUT2D eigenvalue weighted by molar-refractivity contribution is 0.0703. The molecule has 0 fully saturated rings. The van der Waals surface area contributed by atoms with Gasteiger partial charge in [0.1, 0.15) is 0 Å². The largest absolute Gasteiger partial charge is 0.500 e. The fourth-order valence-corrected chi connectivity index (χ4v) is 4.30. The van der Waals surface area contributed by atoms with Gasteiger partial charge in [0, 0.05) is 25.9 Å². The second-order valence-electron chi connectivity index (χ2n) is 4.34. The zero-order valence-corrected chi connectivity index (χ0v) is 12.6. The molecular formula is C11H28N2O3Si. The molecule has 5 nitrogen and oxygen atoms in total. The molecule has 17 heavy (non-hydrogen) atoms. The average Bonchev–Trinajstić information content (AvgIpc) is 2.16. The number of rotatable bonds is 10. The van der Waals surface area contributed by atoms with Crippen molar-refractivity contribution in [3.8, 4) is 0 Å². The van der Waals surface area contributed by atoms with Crippen molar-refractivity contribution < 1.29 is 13.3 Å². The third-order valence-electron chi connectivity index (χ3n) is 2.29. The maximum absolute atomic E-state index is 5.76. The van der Waals surface area contributed by atoms with Crippen LogP contribution in [0.15, 0.2) is 0 Å². The Morgan fingerprint density at radius 1 is 0.941 bits per heavy atom. The van der Waals surface area contributed by atoms with Gasteiger partial charge in [-0.2, -0.15) is 0 Å². The molecule has 0 saturated carbocycles. The summed E-state index contributed by atoms with van der Waals surface area (Å²) in [5.41, 5.74) is 10.9. The first-order valence-corrected chi connectivity index (χ1v) is 8.32. The van der Waals surface area contributed by atoms with E-state index in [0.29, 0.717) is 19.8 Å². The summed E-state index contributed by atoms with van der Waals surface area (Å²) >= 11 is 0. The van der Waals surface area contributed by atoms with Crippen LogP contribution in [-0.4, -0.2) is 34.3 Å². The van der Waals surface area contributed by atoms with Crippen LogP contribution >= 0.6 is 0 Å². The molecule has 0 heterocycles. The molecule has 0 aliphatic rings. The van der Waals surface area contributed by atoms with Crippen LogP contribution in [0.5, 0.6) is 0 Å². The van der Waals surface area contributed by atoms with Crippen molar-refractivity contribution in [2.75, 3.05) is 19.8 Å². The molecule has 0 aromatic rings. The molecule has 0 spiro atoms. The molecule has 6 heteroatoms. The predicted molar refractivity (Wildman–Crippen MR) is 71.5 cm³/mol. The van der Waals surface area contributed by atoms with Gasteiger partial charge in [-0.1, -0.05) is 0 Å². The molecule has 0 atom stereocenters. The van der Waals surface area contributed by atoms with E-state index in [4.69, 9.17) is 24.7 Å². The van der Waals surface area contributed by atoms with Gasteiger partial charge in [-0.15, -0.1) is 0 Å². The van der Waals surface area contributed by atoms with Crippen LogP contribution in [-0.2, 0) is 13.3 Å². The lowest BCUT2D eigenvalue weighted by Crippen LogP contribution is -2.48. The van der Waals surface area contributed by atoms with E-state index in [0.717, 1.165) is 18.9 Å². The number of nitrogens with two attached hydrogens (primary N) is 2. The van der Waals surface area contributed by atoms with E-state index in [9.17, 15) is 0 Å². The van der Waals surface area contributed by atoms with Gasteiger partial charge in [0.15, 0.2) is 0 Å². The first-order chi connectivity index (χ1) is 7.89. The van der Waals surface area contributed by atoms with E-state index in [2.05, 4.69) is 0 Å². The molecular weight excluding hydrogens is 236 g/mol. The van der Waals surface area contributed by atoms with Crippen LogP contribution in [0.1, 0.15) is 40.5 Å². The van der Waals surface area contributed by atoms with Gasteiger partial charge < -0.3 is 24.7 Å². The molecule has 0 aromatic carbocycles. The van der Waals surface area contributed by atoms with Crippen molar-refractivity contribution in [2.45, 2.75) is 52.2 Å². The van der Waals surface area contributed by atoms with E-state index in [1.54, 1.807) is 0 Å². The van der Waals surface area contributed by atoms with Crippen LogP contribution in [0.3, 0.4) is 0 Å². The predicted octanol–water partition coefficient (Wildman–Crippen LogP) is 1.45. The van der Waals surface area contributed by atoms with Crippen molar-refractivity contribution in [1.82, 2.24) is 0 Å². The summed E-state index contributed by atoms with van der Waals surface area (Å²) < 4.78 is 17.2. The van der Waals surface area contributed by atoms with E-state index in [-0.39, 0.29) is 0 Å². The van der Waals surface area contributed by atoms with Crippen molar-refractivity contribution >= 4 is 8.80 Å². The molecule has 0 aliphatic heterocycles. The lowest BCUT2D eigenvalue weighted by Gasteiger charge is -2.29. The Morgan fingerprint density at radius 2 is 1.35 bits per heavy atom. The first-order valence-electron chi connectivity index (χ1n) is 6.38. The number of hydrogen-bond acceptors (Lipinski definition) is 5. The minimum absolute atomic E-state index is 0.606.